The van der Waals surface area contributed by atoms with Gasteiger partial charge in [-0.25, -0.2) is 4.98 Å². The number of hydrogen-bond donors (Lipinski definition) is 1. The molecule has 0 amide bonds. The Morgan fingerprint density at radius 3 is 2.58 bits per heavy atom. The molecule has 3 aromatic rings. The molecular formula is C21H21N3O2. The number of morpholine rings is 1. The molecule has 26 heavy (non-hydrogen) atoms. The van der Waals surface area contributed by atoms with Crippen LogP contribution in [0.25, 0.3) is 22.6 Å². The predicted molar refractivity (Wildman–Crippen MR) is 102 cm³/mol. The molecular weight excluding hydrogens is 326 g/mol. The fourth-order valence-electron chi connectivity index (χ4n) is 3.62. The van der Waals surface area contributed by atoms with E-state index in [1.165, 1.54) is 11.3 Å². The van der Waals surface area contributed by atoms with Crippen LogP contribution >= 0.6 is 0 Å². The van der Waals surface area contributed by atoms with Crippen molar-refractivity contribution in [1.82, 2.24) is 9.97 Å². The van der Waals surface area contributed by atoms with Gasteiger partial charge >= 0.3 is 0 Å². The number of ether oxygens (including phenoxy) is 2. The SMILES string of the molecule is c1cc2c(cc1-c1cnc(-c3ccc(N4CCOCC4)cc3)[nH]1)CCO2. The van der Waals surface area contributed by atoms with Gasteiger partial charge in [-0.05, 0) is 48.0 Å². The van der Waals surface area contributed by atoms with Crippen molar-refractivity contribution in [3.05, 3.63) is 54.2 Å². The molecule has 0 unspecified atom stereocenters. The topological polar surface area (TPSA) is 50.4 Å². The van der Waals surface area contributed by atoms with Crippen molar-refractivity contribution in [1.29, 1.82) is 0 Å². The Labute approximate surface area is 152 Å². The Hall–Kier alpha value is -2.79. The van der Waals surface area contributed by atoms with Crippen LogP contribution in [0.5, 0.6) is 5.75 Å². The van der Waals surface area contributed by atoms with E-state index in [9.17, 15) is 0 Å². The smallest absolute Gasteiger partial charge is 0.137 e. The van der Waals surface area contributed by atoms with E-state index in [1.807, 2.05) is 6.20 Å². The van der Waals surface area contributed by atoms with E-state index in [0.29, 0.717) is 0 Å². The van der Waals surface area contributed by atoms with Crippen molar-refractivity contribution < 1.29 is 9.47 Å². The summed E-state index contributed by atoms with van der Waals surface area (Å²) < 4.78 is 11.0. The quantitative estimate of drug-likeness (QED) is 0.788. The van der Waals surface area contributed by atoms with Crippen LogP contribution in [0.4, 0.5) is 5.69 Å². The largest absolute Gasteiger partial charge is 0.493 e. The van der Waals surface area contributed by atoms with Gasteiger partial charge in [-0.3, -0.25) is 0 Å². The van der Waals surface area contributed by atoms with Crippen molar-refractivity contribution >= 4 is 5.69 Å². The molecule has 0 saturated carbocycles. The van der Waals surface area contributed by atoms with E-state index >= 15 is 0 Å². The molecule has 5 heteroatoms. The second-order valence-electron chi connectivity index (χ2n) is 6.71. The van der Waals surface area contributed by atoms with Crippen LogP contribution in [0.15, 0.2) is 48.7 Å². The molecule has 1 fully saturated rings. The Morgan fingerprint density at radius 2 is 1.73 bits per heavy atom. The summed E-state index contributed by atoms with van der Waals surface area (Å²) in [6.45, 7) is 4.28. The van der Waals surface area contributed by atoms with E-state index in [4.69, 9.17) is 9.47 Å². The van der Waals surface area contributed by atoms with Gasteiger partial charge in [-0.2, -0.15) is 0 Å². The van der Waals surface area contributed by atoms with Crippen molar-refractivity contribution in [2.24, 2.45) is 0 Å². The van der Waals surface area contributed by atoms with Crippen LogP contribution in [-0.2, 0) is 11.2 Å². The number of fused-ring (bicyclic) bond motifs is 1. The van der Waals surface area contributed by atoms with Crippen molar-refractivity contribution in [2.45, 2.75) is 6.42 Å². The van der Waals surface area contributed by atoms with E-state index in [2.05, 4.69) is 57.3 Å². The van der Waals surface area contributed by atoms with E-state index in [-0.39, 0.29) is 0 Å². The summed E-state index contributed by atoms with van der Waals surface area (Å²) in [7, 11) is 0. The number of nitrogens with zero attached hydrogens (tertiary/aromatic N) is 2. The molecule has 5 nitrogen and oxygen atoms in total. The fourth-order valence-corrected chi connectivity index (χ4v) is 3.62. The molecule has 1 aromatic heterocycles. The van der Waals surface area contributed by atoms with E-state index in [1.54, 1.807) is 0 Å². The third kappa shape index (κ3) is 2.84. The number of imidazole rings is 1. The highest BCUT2D eigenvalue weighted by atomic mass is 16.5. The van der Waals surface area contributed by atoms with Gasteiger partial charge in [0.1, 0.15) is 11.6 Å². The highest BCUT2D eigenvalue weighted by Gasteiger charge is 2.14. The number of nitrogens with one attached hydrogen (secondary N) is 1. The summed E-state index contributed by atoms with van der Waals surface area (Å²) in [5, 5.41) is 0. The monoisotopic (exact) mass is 347 g/mol. The number of rotatable bonds is 3. The van der Waals surface area contributed by atoms with Gasteiger partial charge in [0, 0.05) is 36.3 Å². The molecule has 3 heterocycles. The first-order valence-corrected chi connectivity index (χ1v) is 9.11. The van der Waals surface area contributed by atoms with Crippen LogP contribution in [0.3, 0.4) is 0 Å². The summed E-state index contributed by atoms with van der Waals surface area (Å²) >= 11 is 0. The summed E-state index contributed by atoms with van der Waals surface area (Å²) in [5.41, 5.74) is 5.79. The normalized spacial score (nSPS) is 16.4. The second kappa shape index (κ2) is 6.50. The summed E-state index contributed by atoms with van der Waals surface area (Å²) in [6.07, 6.45) is 2.88. The zero-order valence-corrected chi connectivity index (χ0v) is 14.6. The van der Waals surface area contributed by atoms with Gasteiger partial charge in [0.2, 0.25) is 0 Å². The number of hydrogen-bond acceptors (Lipinski definition) is 4. The molecule has 0 bridgehead atoms. The summed E-state index contributed by atoms with van der Waals surface area (Å²) in [6, 6.07) is 14.9. The molecule has 2 aliphatic heterocycles. The molecule has 0 aliphatic carbocycles. The minimum Gasteiger partial charge on any atom is -0.493 e. The van der Waals surface area contributed by atoms with Crippen LogP contribution in [0, 0.1) is 0 Å². The van der Waals surface area contributed by atoms with Gasteiger partial charge in [0.25, 0.3) is 0 Å². The first-order chi connectivity index (χ1) is 12.9. The van der Waals surface area contributed by atoms with Crippen LogP contribution in [-0.4, -0.2) is 42.9 Å². The van der Waals surface area contributed by atoms with Crippen LogP contribution in [0.2, 0.25) is 0 Å². The third-order valence-corrected chi connectivity index (χ3v) is 5.09. The lowest BCUT2D eigenvalue weighted by atomic mass is 10.1. The zero-order chi connectivity index (χ0) is 17.3. The van der Waals surface area contributed by atoms with Crippen molar-refractivity contribution in [2.75, 3.05) is 37.8 Å². The fraction of sp³-hybridized carbons (Fsp3) is 0.286. The standard InChI is InChI=1S/C21H21N3O2/c1-4-18(24-8-11-25-12-9-24)5-2-15(1)21-22-14-19(23-21)16-3-6-20-17(13-16)7-10-26-20/h1-6,13-14H,7-12H2,(H,22,23). The van der Waals surface area contributed by atoms with E-state index in [0.717, 1.165) is 67.7 Å². The lowest BCUT2D eigenvalue weighted by Gasteiger charge is -2.28. The number of aromatic nitrogens is 2. The molecule has 0 radical (unpaired) electrons. The number of anilines is 1. The highest BCUT2D eigenvalue weighted by Crippen LogP contribution is 2.31. The Morgan fingerprint density at radius 1 is 0.923 bits per heavy atom. The lowest BCUT2D eigenvalue weighted by molar-refractivity contribution is 0.122. The zero-order valence-electron chi connectivity index (χ0n) is 14.6. The Kier molecular flexibility index (Phi) is 3.87. The molecule has 2 aromatic carbocycles. The molecule has 1 saturated heterocycles. The first kappa shape index (κ1) is 15.5. The van der Waals surface area contributed by atoms with Gasteiger partial charge in [0.15, 0.2) is 0 Å². The van der Waals surface area contributed by atoms with E-state index < -0.39 is 0 Å². The number of aromatic amines is 1. The highest BCUT2D eigenvalue weighted by molar-refractivity contribution is 5.67. The average molecular weight is 347 g/mol. The maximum Gasteiger partial charge on any atom is 0.137 e. The minimum atomic E-state index is 0.780. The van der Waals surface area contributed by atoms with Crippen LogP contribution in [0.1, 0.15) is 5.56 Å². The molecule has 132 valence electrons. The molecule has 5 rings (SSSR count). The third-order valence-electron chi connectivity index (χ3n) is 5.09. The van der Waals surface area contributed by atoms with Gasteiger partial charge in [-0.15, -0.1) is 0 Å². The number of H-pyrrole nitrogens is 1. The van der Waals surface area contributed by atoms with Gasteiger partial charge < -0.3 is 19.4 Å². The molecule has 1 N–H and O–H groups in total. The molecule has 0 atom stereocenters. The average Bonchev–Trinajstić information content (AvgIpc) is 3.38. The molecule has 2 aliphatic rings. The first-order valence-electron chi connectivity index (χ1n) is 9.11. The van der Waals surface area contributed by atoms with Crippen LogP contribution < -0.4 is 9.64 Å². The van der Waals surface area contributed by atoms with Gasteiger partial charge in [-0.1, -0.05) is 0 Å². The van der Waals surface area contributed by atoms with Crippen molar-refractivity contribution in [3.8, 4) is 28.4 Å². The number of benzene rings is 2. The maximum absolute atomic E-state index is 5.59. The predicted octanol–water partition coefficient (Wildman–Crippen LogP) is 3.52. The Balaban J connectivity index is 1.38. The van der Waals surface area contributed by atoms with Gasteiger partial charge in [0.05, 0.1) is 31.7 Å². The summed E-state index contributed by atoms with van der Waals surface area (Å²) in [4.78, 5) is 10.4. The Bertz CT molecular complexity index is 911. The lowest BCUT2D eigenvalue weighted by Crippen LogP contribution is -2.36. The minimum absolute atomic E-state index is 0.780. The maximum atomic E-state index is 5.59. The summed E-state index contributed by atoms with van der Waals surface area (Å²) in [5.74, 6) is 1.90. The second-order valence-corrected chi connectivity index (χ2v) is 6.71. The van der Waals surface area contributed by atoms with Crippen molar-refractivity contribution in [3.63, 3.8) is 0 Å². The molecule has 0 spiro atoms.